The molecule has 0 aromatic heterocycles. The molecular formula is C38H56N2O9. The van der Waals surface area contributed by atoms with Gasteiger partial charge in [0.15, 0.2) is 0 Å². The predicted octanol–water partition coefficient (Wildman–Crippen LogP) is 3.58. The van der Waals surface area contributed by atoms with Crippen molar-refractivity contribution in [3.8, 4) is 5.75 Å². The fourth-order valence-corrected chi connectivity index (χ4v) is 7.07. The van der Waals surface area contributed by atoms with Crippen LogP contribution in [0.5, 0.6) is 5.75 Å². The average Bonchev–Trinajstić information content (AvgIpc) is 3.41. The van der Waals surface area contributed by atoms with E-state index in [1.807, 2.05) is 38.1 Å². The zero-order chi connectivity index (χ0) is 35.2. The molecule has 2 aromatic rings. The number of hydrogen-bond acceptors (Lipinski definition) is 9. The lowest BCUT2D eigenvalue weighted by molar-refractivity contribution is -0.137. The topological polar surface area (TPSA) is 156 Å². The van der Waals surface area contributed by atoms with E-state index >= 15 is 0 Å². The number of fused-ring (bicyclic) bond motifs is 1. The minimum atomic E-state index is -1.47. The summed E-state index contributed by atoms with van der Waals surface area (Å²) in [4.78, 5) is 27.5. The monoisotopic (exact) mass is 684 g/mol. The van der Waals surface area contributed by atoms with Crippen molar-refractivity contribution in [1.82, 2.24) is 10.6 Å². The molecule has 1 fully saturated rings. The molecule has 0 bridgehead atoms. The minimum absolute atomic E-state index is 0.223. The highest BCUT2D eigenvalue weighted by molar-refractivity contribution is 5.97. The second kappa shape index (κ2) is 20.0. The Balaban J connectivity index is 1.43. The van der Waals surface area contributed by atoms with Gasteiger partial charge in [0.2, 0.25) is 5.91 Å². The van der Waals surface area contributed by atoms with Gasteiger partial charge < -0.3 is 44.9 Å². The third kappa shape index (κ3) is 11.2. The van der Waals surface area contributed by atoms with Gasteiger partial charge in [0.05, 0.1) is 68.8 Å². The molecule has 2 aliphatic rings. The molecule has 0 radical (unpaired) electrons. The Bertz CT molecular complexity index is 1300. The lowest BCUT2D eigenvalue weighted by Crippen LogP contribution is -2.55. The summed E-state index contributed by atoms with van der Waals surface area (Å²) in [5.74, 6) is -1.57. The van der Waals surface area contributed by atoms with Gasteiger partial charge in [0, 0.05) is 13.5 Å². The molecule has 0 spiro atoms. The summed E-state index contributed by atoms with van der Waals surface area (Å²) in [5.41, 5.74) is 2.12. The molecule has 2 aromatic carbocycles. The Morgan fingerprint density at radius 3 is 2.22 bits per heavy atom. The fraction of sp³-hybridized carbons (Fsp3) is 0.632. The SMILES string of the molecule is COCCOCCOCCOc1ccccc1C(=O)N[C@@H](CC1CCCCC1)[C@@H](O)[C@H](O)[C@H](C(=O)NC1c2ccccc2C[C@H]1O)C(C)C. The maximum Gasteiger partial charge on any atom is 0.255 e. The summed E-state index contributed by atoms with van der Waals surface area (Å²) in [6.45, 7) is 6.03. The van der Waals surface area contributed by atoms with E-state index in [1.54, 1.807) is 31.4 Å². The number of ether oxygens (including phenoxy) is 4. The number of hydrogen-bond donors (Lipinski definition) is 5. The Labute approximate surface area is 290 Å². The van der Waals surface area contributed by atoms with Crippen molar-refractivity contribution >= 4 is 11.8 Å². The number of aliphatic hydroxyl groups excluding tert-OH is 3. The predicted molar refractivity (Wildman–Crippen MR) is 185 cm³/mol. The highest BCUT2D eigenvalue weighted by atomic mass is 16.6. The molecule has 1 unspecified atom stereocenters. The van der Waals surface area contributed by atoms with Crippen LogP contribution in [-0.2, 0) is 25.4 Å². The van der Waals surface area contributed by atoms with Crippen LogP contribution in [0.25, 0.3) is 0 Å². The molecule has 11 nitrogen and oxygen atoms in total. The van der Waals surface area contributed by atoms with Crippen molar-refractivity contribution in [3.05, 3.63) is 65.2 Å². The van der Waals surface area contributed by atoms with Crippen molar-refractivity contribution in [3.63, 3.8) is 0 Å². The fourth-order valence-electron chi connectivity index (χ4n) is 7.07. The second-order valence-electron chi connectivity index (χ2n) is 13.6. The smallest absolute Gasteiger partial charge is 0.255 e. The molecule has 11 heteroatoms. The zero-order valence-corrected chi connectivity index (χ0v) is 29.2. The third-order valence-electron chi connectivity index (χ3n) is 9.70. The van der Waals surface area contributed by atoms with Crippen LogP contribution in [0, 0.1) is 17.8 Å². The van der Waals surface area contributed by atoms with Crippen molar-refractivity contribution < 1.29 is 43.9 Å². The van der Waals surface area contributed by atoms with Crippen molar-refractivity contribution in [2.24, 2.45) is 17.8 Å². The van der Waals surface area contributed by atoms with Crippen LogP contribution in [0.15, 0.2) is 48.5 Å². The zero-order valence-electron chi connectivity index (χ0n) is 29.2. The van der Waals surface area contributed by atoms with E-state index in [0.717, 1.165) is 43.2 Å². The normalized spacial score (nSPS) is 20.3. The number of benzene rings is 2. The van der Waals surface area contributed by atoms with Crippen LogP contribution >= 0.6 is 0 Å². The summed E-state index contributed by atoms with van der Waals surface area (Å²) < 4.78 is 21.8. The summed E-state index contributed by atoms with van der Waals surface area (Å²) in [6.07, 6.45) is 2.46. The standard InChI is InChI=1S/C38H56N2O9/c1-25(2)33(38(45)40-34-28-14-8-7-13-27(28)24-31(34)41)36(43)35(42)30(23-26-11-5-4-6-12-26)39-37(44)29-15-9-10-16-32(29)49-22-21-48-20-19-47-18-17-46-3/h7-10,13-16,25-26,30-31,33-36,41-43H,4-6,11-12,17-24H2,1-3H3,(H,39,44)(H,40,45)/t30-,31+,33+,34?,35+,36+/m0/s1. The number of nitrogens with one attached hydrogen (secondary N) is 2. The summed E-state index contributed by atoms with van der Waals surface area (Å²) in [7, 11) is 1.62. The van der Waals surface area contributed by atoms with Crippen molar-refractivity contribution in [2.45, 2.75) is 89.2 Å². The van der Waals surface area contributed by atoms with Gasteiger partial charge in [-0.3, -0.25) is 9.59 Å². The van der Waals surface area contributed by atoms with Gasteiger partial charge in [-0.1, -0.05) is 82.3 Å². The molecule has 0 aliphatic heterocycles. The van der Waals surface area contributed by atoms with Gasteiger partial charge in [-0.15, -0.1) is 0 Å². The van der Waals surface area contributed by atoms with E-state index in [4.69, 9.17) is 18.9 Å². The Kier molecular flexibility index (Phi) is 15.8. The first-order chi connectivity index (χ1) is 23.7. The summed E-state index contributed by atoms with van der Waals surface area (Å²) >= 11 is 0. The number of para-hydroxylation sites is 1. The van der Waals surface area contributed by atoms with Gasteiger partial charge in [0.25, 0.3) is 5.91 Å². The second-order valence-corrected chi connectivity index (χ2v) is 13.6. The van der Waals surface area contributed by atoms with E-state index in [9.17, 15) is 24.9 Å². The van der Waals surface area contributed by atoms with Gasteiger partial charge in [0.1, 0.15) is 18.5 Å². The van der Waals surface area contributed by atoms with Crippen molar-refractivity contribution in [2.75, 3.05) is 46.8 Å². The van der Waals surface area contributed by atoms with Gasteiger partial charge in [-0.25, -0.2) is 0 Å². The first kappa shape index (κ1) is 38.7. The largest absolute Gasteiger partial charge is 0.490 e. The Morgan fingerprint density at radius 2 is 1.51 bits per heavy atom. The van der Waals surface area contributed by atoms with Crippen LogP contribution < -0.4 is 15.4 Å². The molecule has 0 heterocycles. The quantitative estimate of drug-likeness (QED) is 0.132. The van der Waals surface area contributed by atoms with Crippen LogP contribution in [0.3, 0.4) is 0 Å². The van der Waals surface area contributed by atoms with Crippen molar-refractivity contribution in [1.29, 1.82) is 0 Å². The number of carbonyl (C=O) groups excluding carboxylic acids is 2. The lowest BCUT2D eigenvalue weighted by Gasteiger charge is -2.36. The molecule has 0 saturated heterocycles. The van der Waals surface area contributed by atoms with E-state index in [-0.39, 0.29) is 18.4 Å². The van der Waals surface area contributed by atoms with Gasteiger partial charge in [-0.05, 0) is 41.5 Å². The first-order valence-corrected chi connectivity index (χ1v) is 17.8. The number of methoxy groups -OCH3 is 1. The van der Waals surface area contributed by atoms with Crippen LogP contribution in [0.4, 0.5) is 0 Å². The van der Waals surface area contributed by atoms with Gasteiger partial charge >= 0.3 is 0 Å². The molecular weight excluding hydrogens is 628 g/mol. The third-order valence-corrected chi connectivity index (χ3v) is 9.70. The summed E-state index contributed by atoms with van der Waals surface area (Å²) in [5, 5.41) is 40.1. The van der Waals surface area contributed by atoms with E-state index < -0.39 is 48.1 Å². The van der Waals surface area contributed by atoms with Gasteiger partial charge in [-0.2, -0.15) is 0 Å². The lowest BCUT2D eigenvalue weighted by atomic mass is 9.79. The number of carbonyl (C=O) groups is 2. The molecule has 2 aliphatic carbocycles. The van der Waals surface area contributed by atoms with Crippen LogP contribution in [-0.4, -0.2) is 98.2 Å². The maximum atomic E-state index is 13.8. The molecule has 1 saturated carbocycles. The van der Waals surface area contributed by atoms with Crippen LogP contribution in [0.2, 0.25) is 0 Å². The van der Waals surface area contributed by atoms with E-state index in [1.165, 1.54) is 0 Å². The molecule has 6 atom stereocenters. The molecule has 4 rings (SSSR count). The highest BCUT2D eigenvalue weighted by Crippen LogP contribution is 2.33. The molecule has 49 heavy (non-hydrogen) atoms. The molecule has 2 amide bonds. The van der Waals surface area contributed by atoms with E-state index in [2.05, 4.69) is 10.6 Å². The Hall–Kier alpha value is -3.06. The number of rotatable bonds is 20. The Morgan fingerprint density at radius 1 is 0.857 bits per heavy atom. The highest BCUT2D eigenvalue weighted by Gasteiger charge is 2.41. The first-order valence-electron chi connectivity index (χ1n) is 17.8. The average molecular weight is 685 g/mol. The maximum absolute atomic E-state index is 13.8. The van der Waals surface area contributed by atoms with Crippen LogP contribution in [0.1, 0.15) is 79.9 Å². The number of aliphatic hydroxyl groups is 3. The molecule has 272 valence electrons. The summed E-state index contributed by atoms with van der Waals surface area (Å²) in [6, 6.07) is 13.0. The minimum Gasteiger partial charge on any atom is -0.490 e. The number of amides is 2. The van der Waals surface area contributed by atoms with E-state index in [0.29, 0.717) is 57.2 Å². The molecule has 5 N–H and O–H groups in total.